The fraction of sp³-hybridized carbons (Fsp3) is 0.316. The van der Waals surface area contributed by atoms with Crippen molar-refractivity contribution in [3.05, 3.63) is 63.7 Å². The molecule has 1 unspecified atom stereocenters. The Morgan fingerprint density at radius 1 is 1.23 bits per heavy atom. The molecule has 1 N–H and O–H groups in total. The zero-order valence-corrected chi connectivity index (χ0v) is 15.0. The van der Waals surface area contributed by atoms with Crippen molar-refractivity contribution in [2.75, 3.05) is 13.7 Å². The topological polar surface area (TPSA) is 90.7 Å². The molecule has 0 fully saturated rings. The van der Waals surface area contributed by atoms with E-state index < -0.39 is 4.92 Å². The number of ether oxygens (including phenoxy) is 2. The van der Waals surface area contributed by atoms with Crippen molar-refractivity contribution in [1.82, 2.24) is 5.32 Å². The van der Waals surface area contributed by atoms with Gasteiger partial charge in [0.1, 0.15) is 5.75 Å². The fourth-order valence-corrected chi connectivity index (χ4v) is 2.46. The van der Waals surface area contributed by atoms with Gasteiger partial charge in [-0.15, -0.1) is 0 Å². The summed E-state index contributed by atoms with van der Waals surface area (Å²) in [5, 5.41) is 13.7. The first-order valence-corrected chi connectivity index (χ1v) is 8.28. The van der Waals surface area contributed by atoms with Gasteiger partial charge in [-0.3, -0.25) is 14.9 Å². The molecule has 0 aromatic heterocycles. The Morgan fingerprint density at radius 3 is 2.50 bits per heavy atom. The van der Waals surface area contributed by atoms with Gasteiger partial charge in [0.25, 0.3) is 5.91 Å². The van der Waals surface area contributed by atoms with Crippen LogP contribution in [0.5, 0.6) is 11.5 Å². The monoisotopic (exact) mass is 358 g/mol. The van der Waals surface area contributed by atoms with Crippen LogP contribution in [0.4, 0.5) is 5.69 Å². The van der Waals surface area contributed by atoms with Gasteiger partial charge in [0.2, 0.25) is 5.75 Å². The molecule has 2 aromatic carbocycles. The first kappa shape index (κ1) is 19.2. The number of methoxy groups -OCH3 is 1. The molecule has 1 amide bonds. The Morgan fingerprint density at radius 2 is 1.92 bits per heavy atom. The summed E-state index contributed by atoms with van der Waals surface area (Å²) in [5.74, 6) is 0.120. The van der Waals surface area contributed by atoms with E-state index in [1.807, 2.05) is 31.2 Å². The molecule has 1 atom stereocenters. The van der Waals surface area contributed by atoms with Gasteiger partial charge in [-0.1, -0.05) is 31.2 Å². The minimum Gasteiger partial charge on any atom is -0.490 e. The highest BCUT2D eigenvalue weighted by molar-refractivity contribution is 5.78. The number of benzene rings is 2. The maximum absolute atomic E-state index is 12.1. The Hall–Kier alpha value is -3.09. The molecule has 0 aliphatic carbocycles. The minimum absolute atomic E-state index is 0.0808. The molecule has 138 valence electrons. The average Bonchev–Trinajstić information content (AvgIpc) is 2.65. The van der Waals surface area contributed by atoms with Crippen LogP contribution in [-0.2, 0) is 11.2 Å². The molecule has 26 heavy (non-hydrogen) atoms. The SMILES string of the molecule is CCc1ccc(C(C)NC(=O)COc2ccc([N+](=O)[O-])c(OC)c2)cc1. The third kappa shape index (κ3) is 4.95. The summed E-state index contributed by atoms with van der Waals surface area (Å²) < 4.78 is 10.4. The van der Waals surface area contributed by atoms with Crippen molar-refractivity contribution in [2.24, 2.45) is 0 Å². The van der Waals surface area contributed by atoms with Gasteiger partial charge in [-0.05, 0) is 30.5 Å². The molecule has 2 aromatic rings. The van der Waals surface area contributed by atoms with Crippen molar-refractivity contribution in [3.8, 4) is 11.5 Å². The van der Waals surface area contributed by atoms with Gasteiger partial charge < -0.3 is 14.8 Å². The summed E-state index contributed by atoms with van der Waals surface area (Å²) in [6.45, 7) is 3.79. The summed E-state index contributed by atoms with van der Waals surface area (Å²) in [4.78, 5) is 22.4. The second-order valence-electron chi connectivity index (χ2n) is 5.76. The molecule has 2 rings (SSSR count). The van der Waals surface area contributed by atoms with Crippen molar-refractivity contribution in [2.45, 2.75) is 26.3 Å². The van der Waals surface area contributed by atoms with Crippen LogP contribution in [0.15, 0.2) is 42.5 Å². The highest BCUT2D eigenvalue weighted by Crippen LogP contribution is 2.30. The summed E-state index contributed by atoms with van der Waals surface area (Å²) in [5.41, 5.74) is 2.09. The van der Waals surface area contributed by atoms with E-state index in [-0.39, 0.29) is 30.0 Å². The van der Waals surface area contributed by atoms with Gasteiger partial charge in [0, 0.05) is 12.1 Å². The minimum atomic E-state index is -0.541. The van der Waals surface area contributed by atoms with E-state index in [0.717, 1.165) is 12.0 Å². The molecular weight excluding hydrogens is 336 g/mol. The maximum atomic E-state index is 12.1. The van der Waals surface area contributed by atoms with Crippen LogP contribution in [0.1, 0.15) is 31.0 Å². The largest absolute Gasteiger partial charge is 0.490 e. The van der Waals surface area contributed by atoms with Gasteiger partial charge >= 0.3 is 5.69 Å². The van der Waals surface area contributed by atoms with Crippen molar-refractivity contribution in [1.29, 1.82) is 0 Å². The summed E-state index contributed by atoms with van der Waals surface area (Å²) in [6.07, 6.45) is 0.966. The number of rotatable bonds is 8. The van der Waals surface area contributed by atoms with E-state index in [4.69, 9.17) is 9.47 Å². The predicted molar refractivity (Wildman–Crippen MR) is 97.5 cm³/mol. The predicted octanol–water partition coefficient (Wildman–Crippen LogP) is 3.42. The number of hydrogen-bond donors (Lipinski definition) is 1. The lowest BCUT2D eigenvalue weighted by Crippen LogP contribution is -2.31. The van der Waals surface area contributed by atoms with Gasteiger partial charge in [0.15, 0.2) is 6.61 Å². The average molecular weight is 358 g/mol. The standard InChI is InChI=1S/C19H22N2O5/c1-4-14-5-7-15(8-6-14)13(2)20-19(22)12-26-16-9-10-17(21(23)24)18(11-16)25-3/h5-11,13H,4,12H2,1-3H3,(H,20,22). The molecule has 0 aliphatic heterocycles. The molecular formula is C19H22N2O5. The molecule has 0 bridgehead atoms. The number of amides is 1. The number of aryl methyl sites for hydroxylation is 1. The van der Waals surface area contributed by atoms with Crippen molar-refractivity contribution >= 4 is 11.6 Å². The van der Waals surface area contributed by atoms with E-state index >= 15 is 0 Å². The lowest BCUT2D eigenvalue weighted by atomic mass is 10.1. The van der Waals surface area contributed by atoms with E-state index in [2.05, 4.69) is 12.2 Å². The van der Waals surface area contributed by atoms with E-state index in [1.165, 1.54) is 30.9 Å². The Bertz CT molecular complexity index is 774. The summed E-state index contributed by atoms with van der Waals surface area (Å²) >= 11 is 0. The van der Waals surface area contributed by atoms with Crippen molar-refractivity contribution in [3.63, 3.8) is 0 Å². The maximum Gasteiger partial charge on any atom is 0.311 e. The second-order valence-corrected chi connectivity index (χ2v) is 5.76. The smallest absolute Gasteiger partial charge is 0.311 e. The number of hydrogen-bond acceptors (Lipinski definition) is 5. The highest BCUT2D eigenvalue weighted by Gasteiger charge is 2.16. The number of nitrogens with one attached hydrogen (secondary N) is 1. The van der Waals surface area contributed by atoms with E-state index in [1.54, 1.807) is 0 Å². The van der Waals surface area contributed by atoms with E-state index in [0.29, 0.717) is 5.75 Å². The normalized spacial score (nSPS) is 11.5. The molecule has 0 heterocycles. The van der Waals surface area contributed by atoms with E-state index in [9.17, 15) is 14.9 Å². The Labute approximate surface area is 152 Å². The summed E-state index contributed by atoms with van der Waals surface area (Å²) in [6, 6.07) is 12.0. The van der Waals surface area contributed by atoms with Gasteiger partial charge in [-0.25, -0.2) is 0 Å². The molecule has 7 nitrogen and oxygen atoms in total. The van der Waals surface area contributed by atoms with Crippen LogP contribution >= 0.6 is 0 Å². The van der Waals surface area contributed by atoms with Crippen LogP contribution in [0.2, 0.25) is 0 Å². The Kier molecular flexibility index (Phi) is 6.54. The second kappa shape index (κ2) is 8.84. The fourth-order valence-electron chi connectivity index (χ4n) is 2.46. The van der Waals surface area contributed by atoms with Crippen LogP contribution in [-0.4, -0.2) is 24.5 Å². The van der Waals surface area contributed by atoms with Crippen LogP contribution < -0.4 is 14.8 Å². The summed E-state index contributed by atoms with van der Waals surface area (Å²) in [7, 11) is 1.34. The Balaban J connectivity index is 1.92. The molecule has 0 saturated heterocycles. The number of nitro benzene ring substituents is 1. The lowest BCUT2D eigenvalue weighted by molar-refractivity contribution is -0.385. The van der Waals surface area contributed by atoms with Crippen molar-refractivity contribution < 1.29 is 19.2 Å². The quantitative estimate of drug-likeness (QED) is 0.577. The molecule has 0 aliphatic rings. The molecule has 0 radical (unpaired) electrons. The van der Waals surface area contributed by atoms with Crippen LogP contribution in [0.3, 0.4) is 0 Å². The number of nitro groups is 1. The van der Waals surface area contributed by atoms with Gasteiger partial charge in [-0.2, -0.15) is 0 Å². The molecule has 0 spiro atoms. The lowest BCUT2D eigenvalue weighted by Gasteiger charge is -2.15. The first-order chi connectivity index (χ1) is 12.4. The van der Waals surface area contributed by atoms with Crippen LogP contribution in [0, 0.1) is 10.1 Å². The third-order valence-electron chi connectivity index (χ3n) is 3.98. The third-order valence-corrected chi connectivity index (χ3v) is 3.98. The number of carbonyl (C=O) groups is 1. The number of carbonyl (C=O) groups excluding carboxylic acids is 1. The first-order valence-electron chi connectivity index (χ1n) is 8.28. The highest BCUT2D eigenvalue weighted by atomic mass is 16.6. The zero-order valence-electron chi connectivity index (χ0n) is 15.0. The number of nitrogens with zero attached hydrogens (tertiary/aromatic N) is 1. The zero-order chi connectivity index (χ0) is 19.1. The van der Waals surface area contributed by atoms with Crippen LogP contribution in [0.25, 0.3) is 0 Å². The molecule has 0 saturated carbocycles. The van der Waals surface area contributed by atoms with Gasteiger partial charge in [0.05, 0.1) is 18.1 Å². The molecule has 7 heteroatoms.